The van der Waals surface area contributed by atoms with Gasteiger partial charge >= 0.3 is 0 Å². The predicted octanol–water partition coefficient (Wildman–Crippen LogP) is 20.7. The van der Waals surface area contributed by atoms with Gasteiger partial charge in [-0.25, -0.2) is 0 Å². The summed E-state index contributed by atoms with van der Waals surface area (Å²) in [5.74, 6) is 0. The minimum atomic E-state index is -0.317. The third kappa shape index (κ3) is 8.19. The smallest absolute Gasteiger partial charge is 0.0506 e. The lowest BCUT2D eigenvalue weighted by molar-refractivity contribution is 0.331. The summed E-state index contributed by atoms with van der Waals surface area (Å²) in [6, 6.07) is 32.3. The summed E-state index contributed by atoms with van der Waals surface area (Å²) in [6.07, 6.45) is 14.5. The molecule has 0 aromatic heterocycles. The Hall–Kier alpha value is -4.53. The third-order valence-electron chi connectivity index (χ3n) is 21.1. The Morgan fingerprint density at radius 2 is 0.693 bits per heavy atom. The number of hydrogen-bond acceptors (Lipinski definition) is 2. The summed E-state index contributed by atoms with van der Waals surface area (Å²) in [4.78, 5) is 5.22. The molecule has 11 rings (SSSR count). The zero-order valence-electron chi connectivity index (χ0n) is 50.1. The topological polar surface area (TPSA) is 6.48 Å². The molecule has 0 N–H and O–H groups in total. The molecule has 0 saturated heterocycles. The van der Waals surface area contributed by atoms with Gasteiger partial charge in [-0.1, -0.05) is 180 Å². The van der Waals surface area contributed by atoms with E-state index in [1.54, 1.807) is 0 Å². The van der Waals surface area contributed by atoms with Gasteiger partial charge in [-0.05, 0) is 217 Å². The van der Waals surface area contributed by atoms with Crippen LogP contribution in [0, 0.1) is 0 Å². The van der Waals surface area contributed by atoms with Crippen molar-refractivity contribution >= 4 is 46.1 Å². The number of fused-ring (bicyclic) bond motifs is 6. The number of hydrogen-bond donors (Lipinski definition) is 0. The molecule has 0 amide bonds. The van der Waals surface area contributed by atoms with E-state index in [0.717, 1.165) is 29.2 Å². The van der Waals surface area contributed by atoms with E-state index < -0.39 is 0 Å². The lowest BCUT2D eigenvalue weighted by atomic mass is 9.62. The first-order valence-corrected chi connectivity index (χ1v) is 29.4. The summed E-state index contributed by atoms with van der Waals surface area (Å²) in [5.41, 5.74) is 24.6. The molecule has 0 bridgehead atoms. The number of benzene rings is 5. The molecular weight excluding hydrogens is 928 g/mol. The van der Waals surface area contributed by atoms with Crippen molar-refractivity contribution in [1.29, 1.82) is 0 Å². The molecule has 2 nitrogen and oxygen atoms in total. The molecule has 75 heavy (non-hydrogen) atoms. The second kappa shape index (κ2) is 16.3. The van der Waals surface area contributed by atoms with Crippen LogP contribution in [0.3, 0.4) is 0 Å². The highest BCUT2D eigenvalue weighted by Gasteiger charge is 2.47. The molecule has 0 atom stereocenters. The van der Waals surface area contributed by atoms with E-state index in [1.807, 2.05) is 0 Å². The molecule has 0 saturated carbocycles. The van der Waals surface area contributed by atoms with Gasteiger partial charge in [0.2, 0.25) is 0 Å². The van der Waals surface area contributed by atoms with E-state index in [9.17, 15) is 0 Å². The second-order valence-electron chi connectivity index (χ2n) is 31.2. The van der Waals surface area contributed by atoms with Crippen LogP contribution >= 0.6 is 11.6 Å². The van der Waals surface area contributed by atoms with E-state index >= 15 is 0 Å². The fourth-order valence-corrected chi connectivity index (χ4v) is 15.5. The molecule has 0 aliphatic heterocycles. The standard InChI is InChI=1S/C72H91ClN2/c1-63(2)25-27-66(7,8)56-38-46(21-23-51(56)63)74(61-43-71(17,18)54-42-60-58(40-50(54)61)68(11,12)30-32-70(60,15)16)48-35-45(73)36-49(37-48)75(47-22-24-52-57(39-47)67(9,10)28-26-64(52,3)4)62-34-44-33-55-59(41-53(44)72(62,19)20)69(13,14)31-29-65(55,5)6/h21-24,33-43H,25-32H2,1-20H3. The van der Waals surface area contributed by atoms with Gasteiger partial charge in [-0.3, -0.25) is 0 Å². The molecule has 396 valence electrons. The zero-order chi connectivity index (χ0) is 54.4. The Bertz CT molecular complexity index is 3300. The van der Waals surface area contributed by atoms with E-state index in [4.69, 9.17) is 11.6 Å². The van der Waals surface area contributed by atoms with Crippen molar-refractivity contribution in [3.8, 4) is 0 Å². The average Bonchev–Trinajstić information content (AvgIpc) is 3.75. The van der Waals surface area contributed by atoms with Crippen LogP contribution in [0.5, 0.6) is 0 Å². The van der Waals surface area contributed by atoms with E-state index in [0.29, 0.717) is 0 Å². The molecule has 5 aromatic carbocycles. The van der Waals surface area contributed by atoms with Crippen LogP contribution in [0.25, 0.3) is 11.8 Å². The highest BCUT2D eigenvalue weighted by molar-refractivity contribution is 6.31. The van der Waals surface area contributed by atoms with Crippen molar-refractivity contribution < 1.29 is 0 Å². The molecule has 3 heteroatoms. The number of nitrogens with zero attached hydrogens (tertiary/aromatic N) is 2. The molecule has 6 aliphatic carbocycles. The van der Waals surface area contributed by atoms with Crippen LogP contribution in [0.4, 0.5) is 22.7 Å². The Kier molecular flexibility index (Phi) is 11.4. The number of anilines is 4. The van der Waals surface area contributed by atoms with Gasteiger partial charge in [0.25, 0.3) is 0 Å². The van der Waals surface area contributed by atoms with Gasteiger partial charge in [0, 0.05) is 49.9 Å². The van der Waals surface area contributed by atoms with Crippen molar-refractivity contribution in [3.63, 3.8) is 0 Å². The normalized spacial score (nSPS) is 23.5. The number of rotatable bonds is 6. The van der Waals surface area contributed by atoms with E-state index in [1.165, 1.54) is 128 Å². The Morgan fingerprint density at radius 1 is 0.333 bits per heavy atom. The highest BCUT2D eigenvalue weighted by atomic mass is 35.5. The summed E-state index contributed by atoms with van der Waals surface area (Å²) in [5, 5.41) is 0.732. The minimum absolute atomic E-state index is 0.0344. The number of halogens is 1. The van der Waals surface area contributed by atoms with Crippen molar-refractivity contribution in [1.82, 2.24) is 0 Å². The van der Waals surface area contributed by atoms with Crippen LogP contribution in [-0.4, -0.2) is 0 Å². The zero-order valence-corrected chi connectivity index (χ0v) is 50.8. The summed E-state index contributed by atoms with van der Waals surface area (Å²) in [6.45, 7) is 49.1. The van der Waals surface area contributed by atoms with Crippen molar-refractivity contribution in [3.05, 3.63) is 162 Å². The first kappa shape index (κ1) is 52.5. The molecule has 0 fully saturated rings. The second-order valence-corrected chi connectivity index (χ2v) is 31.6. The first-order valence-electron chi connectivity index (χ1n) is 29.0. The van der Waals surface area contributed by atoms with Gasteiger partial charge < -0.3 is 9.80 Å². The quantitative estimate of drug-likeness (QED) is 0.167. The van der Waals surface area contributed by atoms with Crippen LogP contribution in [0.1, 0.15) is 257 Å². The predicted molar refractivity (Wildman–Crippen MR) is 325 cm³/mol. The average molecular weight is 1020 g/mol. The van der Waals surface area contributed by atoms with Crippen molar-refractivity contribution in [2.75, 3.05) is 9.80 Å². The van der Waals surface area contributed by atoms with E-state index in [2.05, 4.69) is 239 Å². The van der Waals surface area contributed by atoms with Gasteiger partial charge in [0.1, 0.15) is 0 Å². The lowest BCUT2D eigenvalue weighted by Crippen LogP contribution is -2.35. The largest absolute Gasteiger partial charge is 0.313 e. The van der Waals surface area contributed by atoms with Crippen LogP contribution in [0.15, 0.2) is 90.6 Å². The Balaban J connectivity index is 1.17. The molecule has 5 aromatic rings. The number of allylic oxidation sites excluding steroid dienone is 2. The first-order chi connectivity index (χ1) is 34.5. The maximum absolute atomic E-state index is 7.76. The maximum atomic E-state index is 7.76. The summed E-state index contributed by atoms with van der Waals surface area (Å²) < 4.78 is 0. The highest BCUT2D eigenvalue weighted by Crippen LogP contribution is 2.58. The molecule has 6 aliphatic rings. The van der Waals surface area contributed by atoms with Gasteiger partial charge in [0.05, 0.1) is 5.70 Å². The van der Waals surface area contributed by atoms with Gasteiger partial charge in [0.15, 0.2) is 0 Å². The molecule has 0 radical (unpaired) electrons. The van der Waals surface area contributed by atoms with Gasteiger partial charge in [-0.2, -0.15) is 0 Å². The van der Waals surface area contributed by atoms with Crippen LogP contribution in [0.2, 0.25) is 5.02 Å². The molecule has 0 heterocycles. The minimum Gasteiger partial charge on any atom is -0.313 e. The lowest BCUT2D eigenvalue weighted by Gasteiger charge is -2.44. The molecule has 0 unspecified atom stereocenters. The molecule has 0 spiro atoms. The SMILES string of the molecule is CC1(C)C=C(N(c2cc(Cl)cc(N(C3=Cc4cc5c(cc4C3(C)C)C(C)(C)CCC5(C)C)c3ccc4c(c3)C(C)(C)CCC4(C)C)c2)c2ccc3c(c2)C(C)(C)CCC3(C)C)c2cc3c(cc21)C(C)(C)CCC3(C)C. The maximum Gasteiger partial charge on any atom is 0.0506 e. The Labute approximate surface area is 459 Å². The van der Waals surface area contributed by atoms with Crippen molar-refractivity contribution in [2.45, 2.75) is 244 Å². The Morgan fingerprint density at radius 3 is 1.15 bits per heavy atom. The fraction of sp³-hybridized carbons (Fsp3) is 0.528. The summed E-state index contributed by atoms with van der Waals surface area (Å²) >= 11 is 7.76. The molecular formula is C72H91ClN2. The monoisotopic (exact) mass is 1020 g/mol. The van der Waals surface area contributed by atoms with Gasteiger partial charge in [-0.15, -0.1) is 0 Å². The summed E-state index contributed by atoms with van der Waals surface area (Å²) in [7, 11) is 0. The van der Waals surface area contributed by atoms with E-state index in [-0.39, 0.29) is 54.1 Å². The van der Waals surface area contributed by atoms with Crippen LogP contribution in [-0.2, 0) is 54.1 Å². The van der Waals surface area contributed by atoms with Crippen LogP contribution < -0.4 is 9.80 Å². The third-order valence-corrected chi connectivity index (χ3v) is 21.4. The fourth-order valence-electron chi connectivity index (χ4n) is 15.2. The van der Waals surface area contributed by atoms with Crippen molar-refractivity contribution in [2.24, 2.45) is 0 Å².